The first-order valence-corrected chi connectivity index (χ1v) is 8.33. The van der Waals surface area contributed by atoms with Crippen LogP contribution in [-0.2, 0) is 11.2 Å². The van der Waals surface area contributed by atoms with Crippen LogP contribution in [0.25, 0.3) is 0 Å². The molecular formula is C20H23NO3. The molecule has 4 heteroatoms. The number of aliphatic hydroxyl groups is 1. The highest BCUT2D eigenvalue weighted by Crippen LogP contribution is 2.34. The molecule has 0 bridgehead atoms. The fourth-order valence-electron chi connectivity index (χ4n) is 2.93. The maximum atomic E-state index is 12.5. The van der Waals surface area contributed by atoms with Crippen molar-refractivity contribution in [2.24, 2.45) is 5.92 Å². The van der Waals surface area contributed by atoms with Gasteiger partial charge in [-0.15, -0.1) is 0 Å². The second kappa shape index (κ2) is 7.49. The standard InChI is InChI=1S/C20H23NO3/c1-24-17-9-5-8-16(13-17)19(22)20(23)21-18(15-10-11-15)12-14-6-3-2-4-7-14/h2-9,13,15,18-19,22H,10-12H2,1H3,(H,21,23). The molecule has 0 spiro atoms. The van der Waals surface area contributed by atoms with Gasteiger partial charge in [-0.1, -0.05) is 42.5 Å². The fraction of sp³-hybridized carbons (Fsp3) is 0.350. The second-order valence-electron chi connectivity index (χ2n) is 6.32. The lowest BCUT2D eigenvalue weighted by atomic mass is 10.0. The summed E-state index contributed by atoms with van der Waals surface area (Å²) in [7, 11) is 1.56. The van der Waals surface area contributed by atoms with Crippen molar-refractivity contribution in [3.8, 4) is 5.75 Å². The highest BCUT2D eigenvalue weighted by atomic mass is 16.5. The molecule has 0 aliphatic heterocycles. The summed E-state index contributed by atoms with van der Waals surface area (Å²) in [6, 6.07) is 17.2. The number of rotatable bonds is 7. The average molecular weight is 325 g/mol. The van der Waals surface area contributed by atoms with Gasteiger partial charge in [-0.3, -0.25) is 4.79 Å². The minimum Gasteiger partial charge on any atom is -0.497 e. The monoisotopic (exact) mass is 325 g/mol. The summed E-state index contributed by atoms with van der Waals surface area (Å²) in [4.78, 5) is 12.5. The van der Waals surface area contributed by atoms with Crippen LogP contribution >= 0.6 is 0 Å². The van der Waals surface area contributed by atoms with Crippen LogP contribution in [0, 0.1) is 5.92 Å². The first-order valence-electron chi connectivity index (χ1n) is 8.33. The van der Waals surface area contributed by atoms with Crippen molar-refractivity contribution in [3.63, 3.8) is 0 Å². The number of aliphatic hydroxyl groups excluding tert-OH is 1. The first kappa shape index (κ1) is 16.5. The molecule has 2 atom stereocenters. The van der Waals surface area contributed by atoms with Gasteiger partial charge in [0.2, 0.25) is 0 Å². The molecule has 126 valence electrons. The van der Waals surface area contributed by atoms with Gasteiger partial charge in [-0.2, -0.15) is 0 Å². The topological polar surface area (TPSA) is 58.6 Å². The molecule has 2 aromatic carbocycles. The SMILES string of the molecule is COc1cccc(C(O)C(=O)NC(Cc2ccccc2)C2CC2)c1. The molecule has 24 heavy (non-hydrogen) atoms. The molecule has 2 unspecified atom stereocenters. The third kappa shape index (κ3) is 4.15. The van der Waals surface area contributed by atoms with Gasteiger partial charge in [0, 0.05) is 6.04 Å². The Morgan fingerprint density at radius 3 is 2.62 bits per heavy atom. The fourth-order valence-corrected chi connectivity index (χ4v) is 2.93. The van der Waals surface area contributed by atoms with Crippen LogP contribution in [0.5, 0.6) is 5.75 Å². The van der Waals surface area contributed by atoms with Crippen LogP contribution < -0.4 is 10.1 Å². The summed E-state index contributed by atoms with van der Waals surface area (Å²) >= 11 is 0. The molecule has 0 heterocycles. The van der Waals surface area contributed by atoms with E-state index in [1.165, 1.54) is 5.56 Å². The van der Waals surface area contributed by atoms with Gasteiger partial charge in [-0.25, -0.2) is 0 Å². The summed E-state index contributed by atoms with van der Waals surface area (Å²) in [5, 5.41) is 13.4. The summed E-state index contributed by atoms with van der Waals surface area (Å²) in [5.41, 5.74) is 1.74. The van der Waals surface area contributed by atoms with Crippen molar-refractivity contribution < 1.29 is 14.6 Å². The number of ether oxygens (including phenoxy) is 1. The molecule has 1 saturated carbocycles. The quantitative estimate of drug-likeness (QED) is 0.823. The van der Waals surface area contributed by atoms with E-state index in [0.717, 1.165) is 19.3 Å². The van der Waals surface area contributed by atoms with Crippen LogP contribution in [0.3, 0.4) is 0 Å². The van der Waals surface area contributed by atoms with Gasteiger partial charge in [-0.05, 0) is 48.4 Å². The van der Waals surface area contributed by atoms with Gasteiger partial charge < -0.3 is 15.2 Å². The molecule has 0 radical (unpaired) electrons. The van der Waals surface area contributed by atoms with Crippen molar-refractivity contribution >= 4 is 5.91 Å². The Bertz CT molecular complexity index is 682. The largest absolute Gasteiger partial charge is 0.497 e. The summed E-state index contributed by atoms with van der Waals surface area (Å²) in [5.74, 6) is 0.783. The summed E-state index contributed by atoms with van der Waals surface area (Å²) in [6.07, 6.45) is 1.87. The van der Waals surface area contributed by atoms with Crippen LogP contribution in [0.15, 0.2) is 54.6 Å². The number of carbonyl (C=O) groups is 1. The lowest BCUT2D eigenvalue weighted by Crippen LogP contribution is -2.40. The number of nitrogens with one attached hydrogen (secondary N) is 1. The highest BCUT2D eigenvalue weighted by Gasteiger charge is 2.33. The van der Waals surface area contributed by atoms with Crippen LogP contribution in [0.2, 0.25) is 0 Å². The predicted octanol–water partition coefficient (Wildman–Crippen LogP) is 2.87. The average Bonchev–Trinajstić information content (AvgIpc) is 3.46. The van der Waals surface area contributed by atoms with Crippen molar-refractivity contribution in [2.75, 3.05) is 7.11 Å². The minimum absolute atomic E-state index is 0.0696. The highest BCUT2D eigenvalue weighted by molar-refractivity contribution is 5.82. The lowest BCUT2D eigenvalue weighted by molar-refractivity contribution is -0.130. The van der Waals surface area contributed by atoms with Crippen LogP contribution in [0.4, 0.5) is 0 Å². The third-order valence-corrected chi connectivity index (χ3v) is 4.48. The Balaban J connectivity index is 1.66. The zero-order chi connectivity index (χ0) is 16.9. The van der Waals surface area contributed by atoms with Crippen molar-refractivity contribution in [1.29, 1.82) is 0 Å². The van der Waals surface area contributed by atoms with E-state index in [9.17, 15) is 9.90 Å². The molecule has 0 aromatic heterocycles. The van der Waals surface area contributed by atoms with E-state index in [0.29, 0.717) is 17.2 Å². The Labute approximate surface area is 142 Å². The van der Waals surface area contributed by atoms with Crippen molar-refractivity contribution in [3.05, 3.63) is 65.7 Å². The van der Waals surface area contributed by atoms with E-state index >= 15 is 0 Å². The Morgan fingerprint density at radius 2 is 1.96 bits per heavy atom. The van der Waals surface area contributed by atoms with Crippen LogP contribution in [0.1, 0.15) is 30.1 Å². The number of benzene rings is 2. The molecule has 4 nitrogen and oxygen atoms in total. The van der Waals surface area contributed by atoms with E-state index in [4.69, 9.17) is 4.74 Å². The number of hydrogen-bond acceptors (Lipinski definition) is 3. The molecular weight excluding hydrogens is 302 g/mol. The van der Waals surface area contributed by atoms with E-state index in [2.05, 4.69) is 17.4 Å². The molecule has 1 fully saturated rings. The Morgan fingerprint density at radius 1 is 1.21 bits per heavy atom. The molecule has 1 amide bonds. The van der Waals surface area contributed by atoms with Gasteiger partial charge in [0.1, 0.15) is 5.75 Å². The van der Waals surface area contributed by atoms with Crippen molar-refractivity contribution in [2.45, 2.75) is 31.4 Å². The molecule has 1 aliphatic carbocycles. The maximum Gasteiger partial charge on any atom is 0.253 e. The number of amides is 1. The Kier molecular flexibility index (Phi) is 5.16. The van der Waals surface area contributed by atoms with E-state index in [1.807, 2.05) is 18.2 Å². The Hall–Kier alpha value is -2.33. The number of methoxy groups -OCH3 is 1. The second-order valence-corrected chi connectivity index (χ2v) is 6.32. The molecule has 0 saturated heterocycles. The number of carbonyl (C=O) groups excluding carboxylic acids is 1. The maximum absolute atomic E-state index is 12.5. The van der Waals surface area contributed by atoms with E-state index in [-0.39, 0.29) is 11.9 Å². The third-order valence-electron chi connectivity index (χ3n) is 4.48. The lowest BCUT2D eigenvalue weighted by Gasteiger charge is -2.21. The predicted molar refractivity (Wildman–Crippen MR) is 92.8 cm³/mol. The zero-order valence-corrected chi connectivity index (χ0v) is 13.8. The van der Waals surface area contributed by atoms with E-state index < -0.39 is 6.10 Å². The van der Waals surface area contributed by atoms with Gasteiger partial charge in [0.05, 0.1) is 7.11 Å². The molecule has 2 N–H and O–H groups in total. The molecule has 1 aliphatic rings. The molecule has 2 aromatic rings. The minimum atomic E-state index is -1.18. The molecule has 3 rings (SSSR count). The first-order chi connectivity index (χ1) is 11.7. The normalized spacial score (nSPS) is 16.2. The van der Waals surface area contributed by atoms with Gasteiger partial charge in [0.15, 0.2) is 6.10 Å². The summed E-state index contributed by atoms with van der Waals surface area (Å²) in [6.45, 7) is 0. The smallest absolute Gasteiger partial charge is 0.253 e. The van der Waals surface area contributed by atoms with Crippen molar-refractivity contribution in [1.82, 2.24) is 5.32 Å². The van der Waals surface area contributed by atoms with Gasteiger partial charge >= 0.3 is 0 Å². The zero-order valence-electron chi connectivity index (χ0n) is 13.8. The number of hydrogen-bond donors (Lipinski definition) is 2. The van der Waals surface area contributed by atoms with E-state index in [1.54, 1.807) is 31.4 Å². The van der Waals surface area contributed by atoms with Crippen LogP contribution in [-0.4, -0.2) is 24.2 Å². The summed E-state index contributed by atoms with van der Waals surface area (Å²) < 4.78 is 5.15. The van der Waals surface area contributed by atoms with Gasteiger partial charge in [0.25, 0.3) is 5.91 Å².